The molecule has 116 valence electrons. The molecule has 3 rings (SSSR count). The first-order valence-corrected chi connectivity index (χ1v) is 7.84. The standard InChI is InChI=1S/C17H22F3N/c1-11(13-4-6-16(7-5-13)17(18,19)20)21-10-15-9-12-2-3-14(15)8-12/h4-7,11-12,14-15,21H,2-3,8-10H2,1H3. The summed E-state index contributed by atoms with van der Waals surface area (Å²) in [5.74, 6) is 2.58. The molecule has 2 aliphatic carbocycles. The van der Waals surface area contributed by atoms with E-state index < -0.39 is 11.7 Å². The maximum atomic E-state index is 12.5. The molecule has 0 amide bonds. The van der Waals surface area contributed by atoms with E-state index in [1.807, 2.05) is 6.92 Å². The molecule has 2 bridgehead atoms. The van der Waals surface area contributed by atoms with Gasteiger partial charge in [-0.3, -0.25) is 0 Å². The van der Waals surface area contributed by atoms with Crippen LogP contribution in [0.2, 0.25) is 0 Å². The fraction of sp³-hybridized carbons (Fsp3) is 0.647. The van der Waals surface area contributed by atoms with Gasteiger partial charge in [0.25, 0.3) is 0 Å². The number of hydrogen-bond donors (Lipinski definition) is 1. The number of alkyl halides is 3. The van der Waals surface area contributed by atoms with Gasteiger partial charge in [-0.25, -0.2) is 0 Å². The van der Waals surface area contributed by atoms with Gasteiger partial charge in [-0.15, -0.1) is 0 Å². The molecular formula is C17H22F3N. The first-order valence-electron chi connectivity index (χ1n) is 7.84. The minimum absolute atomic E-state index is 0.103. The van der Waals surface area contributed by atoms with E-state index >= 15 is 0 Å². The molecule has 0 saturated heterocycles. The minimum atomic E-state index is -4.25. The van der Waals surface area contributed by atoms with Crippen LogP contribution in [0.3, 0.4) is 0 Å². The largest absolute Gasteiger partial charge is 0.416 e. The van der Waals surface area contributed by atoms with Gasteiger partial charge in [0, 0.05) is 6.04 Å². The van der Waals surface area contributed by atoms with Gasteiger partial charge in [0.2, 0.25) is 0 Å². The second-order valence-corrected chi connectivity index (χ2v) is 6.68. The Kier molecular flexibility index (Phi) is 4.00. The summed E-state index contributed by atoms with van der Waals surface area (Å²) >= 11 is 0. The van der Waals surface area contributed by atoms with Crippen LogP contribution in [-0.4, -0.2) is 6.54 Å². The first-order chi connectivity index (χ1) is 9.93. The van der Waals surface area contributed by atoms with E-state index in [0.29, 0.717) is 0 Å². The summed E-state index contributed by atoms with van der Waals surface area (Å²) in [6.07, 6.45) is 1.23. The van der Waals surface area contributed by atoms with Crippen molar-refractivity contribution in [3.8, 4) is 0 Å². The molecule has 1 aromatic rings. The number of nitrogens with one attached hydrogen (secondary N) is 1. The number of benzene rings is 1. The Hall–Kier alpha value is -1.03. The maximum Gasteiger partial charge on any atom is 0.416 e. The SMILES string of the molecule is CC(NCC1CC2CCC1C2)c1ccc(C(F)(F)F)cc1. The molecule has 1 nitrogen and oxygen atoms in total. The molecule has 4 heteroatoms. The third-order valence-corrected chi connectivity index (χ3v) is 5.31. The molecule has 1 aromatic carbocycles. The van der Waals surface area contributed by atoms with Crippen molar-refractivity contribution >= 4 is 0 Å². The van der Waals surface area contributed by atoms with E-state index in [4.69, 9.17) is 0 Å². The molecule has 1 N–H and O–H groups in total. The minimum Gasteiger partial charge on any atom is -0.310 e. The predicted octanol–water partition coefficient (Wildman–Crippen LogP) is 4.79. The highest BCUT2D eigenvalue weighted by molar-refractivity contribution is 5.26. The van der Waals surface area contributed by atoms with E-state index in [9.17, 15) is 13.2 Å². The Bertz CT molecular complexity index is 480. The zero-order valence-corrected chi connectivity index (χ0v) is 12.3. The molecule has 0 aliphatic heterocycles. The molecule has 21 heavy (non-hydrogen) atoms. The molecule has 0 aromatic heterocycles. The third kappa shape index (κ3) is 3.25. The number of hydrogen-bond acceptors (Lipinski definition) is 1. The Morgan fingerprint density at radius 2 is 1.86 bits per heavy atom. The van der Waals surface area contributed by atoms with Crippen molar-refractivity contribution in [3.05, 3.63) is 35.4 Å². The molecule has 4 atom stereocenters. The average molecular weight is 297 g/mol. The van der Waals surface area contributed by atoms with Crippen molar-refractivity contribution in [2.24, 2.45) is 17.8 Å². The molecule has 2 fully saturated rings. The monoisotopic (exact) mass is 297 g/mol. The molecule has 4 unspecified atom stereocenters. The number of rotatable bonds is 4. The molecule has 0 radical (unpaired) electrons. The lowest BCUT2D eigenvalue weighted by molar-refractivity contribution is -0.137. The van der Waals surface area contributed by atoms with Crippen molar-refractivity contribution < 1.29 is 13.2 Å². The van der Waals surface area contributed by atoms with E-state index in [1.165, 1.54) is 37.8 Å². The summed E-state index contributed by atoms with van der Waals surface area (Å²) in [5, 5.41) is 3.50. The van der Waals surface area contributed by atoms with Gasteiger partial charge < -0.3 is 5.32 Å². The molecular weight excluding hydrogens is 275 g/mol. The Morgan fingerprint density at radius 1 is 1.14 bits per heavy atom. The van der Waals surface area contributed by atoms with Crippen molar-refractivity contribution in [3.63, 3.8) is 0 Å². The highest BCUT2D eigenvalue weighted by atomic mass is 19.4. The van der Waals surface area contributed by atoms with Gasteiger partial charge in [-0.1, -0.05) is 18.6 Å². The predicted molar refractivity (Wildman–Crippen MR) is 76.8 cm³/mol. The Labute approximate surface area is 123 Å². The van der Waals surface area contributed by atoms with Crippen molar-refractivity contribution in [2.75, 3.05) is 6.54 Å². The van der Waals surface area contributed by atoms with Crippen LogP contribution in [0, 0.1) is 17.8 Å². The lowest BCUT2D eigenvalue weighted by atomic mass is 9.88. The molecule has 2 aliphatic rings. The summed E-state index contributed by atoms with van der Waals surface area (Å²) in [5.41, 5.74) is 0.345. The number of fused-ring (bicyclic) bond motifs is 2. The van der Waals surface area contributed by atoms with Crippen LogP contribution in [0.5, 0.6) is 0 Å². The zero-order valence-electron chi connectivity index (χ0n) is 12.3. The summed E-state index contributed by atoms with van der Waals surface area (Å²) in [7, 11) is 0. The Morgan fingerprint density at radius 3 is 2.38 bits per heavy atom. The van der Waals surface area contributed by atoms with E-state index in [2.05, 4.69) is 5.32 Å². The van der Waals surface area contributed by atoms with Gasteiger partial charge in [-0.05, 0) is 68.2 Å². The maximum absolute atomic E-state index is 12.5. The highest BCUT2D eigenvalue weighted by Crippen LogP contribution is 2.48. The molecule has 0 heterocycles. The summed E-state index contributed by atoms with van der Waals surface area (Å²) in [6.45, 7) is 3.01. The fourth-order valence-electron chi connectivity index (χ4n) is 4.03. The van der Waals surface area contributed by atoms with Crippen LogP contribution in [0.15, 0.2) is 24.3 Å². The average Bonchev–Trinajstić information content (AvgIpc) is 3.06. The molecule has 2 saturated carbocycles. The summed E-state index contributed by atoms with van der Waals surface area (Å²) < 4.78 is 37.6. The lowest BCUT2D eigenvalue weighted by Crippen LogP contribution is -2.28. The number of halogens is 3. The van der Waals surface area contributed by atoms with Crippen LogP contribution < -0.4 is 5.32 Å². The van der Waals surface area contributed by atoms with Crippen molar-refractivity contribution in [2.45, 2.75) is 44.8 Å². The van der Waals surface area contributed by atoms with Gasteiger partial charge >= 0.3 is 6.18 Å². The van der Waals surface area contributed by atoms with Crippen LogP contribution in [0.4, 0.5) is 13.2 Å². The van der Waals surface area contributed by atoms with E-state index in [1.54, 1.807) is 12.1 Å². The normalized spacial score (nSPS) is 29.8. The topological polar surface area (TPSA) is 12.0 Å². The van der Waals surface area contributed by atoms with E-state index in [0.717, 1.165) is 29.9 Å². The summed E-state index contributed by atoms with van der Waals surface area (Å²) in [6, 6.07) is 5.62. The Balaban J connectivity index is 1.54. The van der Waals surface area contributed by atoms with Crippen LogP contribution >= 0.6 is 0 Å². The highest BCUT2D eigenvalue weighted by Gasteiger charge is 2.39. The van der Waals surface area contributed by atoms with Crippen LogP contribution in [0.25, 0.3) is 0 Å². The quantitative estimate of drug-likeness (QED) is 0.842. The van der Waals surface area contributed by atoms with Gasteiger partial charge in [0.15, 0.2) is 0 Å². The van der Waals surface area contributed by atoms with E-state index in [-0.39, 0.29) is 6.04 Å². The second-order valence-electron chi connectivity index (χ2n) is 6.68. The van der Waals surface area contributed by atoms with Gasteiger partial charge in [0.05, 0.1) is 5.56 Å². The fourth-order valence-corrected chi connectivity index (χ4v) is 4.03. The lowest BCUT2D eigenvalue weighted by Gasteiger charge is -2.24. The van der Waals surface area contributed by atoms with Crippen LogP contribution in [0.1, 0.15) is 49.8 Å². The van der Waals surface area contributed by atoms with Crippen molar-refractivity contribution in [1.82, 2.24) is 5.32 Å². The third-order valence-electron chi connectivity index (χ3n) is 5.31. The first kappa shape index (κ1) is 14.9. The van der Waals surface area contributed by atoms with Crippen molar-refractivity contribution in [1.29, 1.82) is 0 Å². The van der Waals surface area contributed by atoms with Gasteiger partial charge in [0.1, 0.15) is 0 Å². The molecule has 0 spiro atoms. The van der Waals surface area contributed by atoms with Crippen LogP contribution in [-0.2, 0) is 6.18 Å². The zero-order chi connectivity index (χ0) is 15.0. The smallest absolute Gasteiger partial charge is 0.310 e. The summed E-state index contributed by atoms with van der Waals surface area (Å²) in [4.78, 5) is 0. The second kappa shape index (κ2) is 5.64. The van der Waals surface area contributed by atoms with Gasteiger partial charge in [-0.2, -0.15) is 13.2 Å².